The molecule has 0 heterocycles. The molecule has 1 rings (SSSR count). The Kier molecular flexibility index (Phi) is 13.2. The number of unbranched alkanes of at least 4 members (excludes halogenated alkanes) is 1. The minimum absolute atomic E-state index is 0.0180. The number of halogens is 1. The van der Waals surface area contributed by atoms with E-state index in [9.17, 15) is 29.1 Å². The smallest absolute Gasteiger partial charge is 0.408 e. The number of carboxylic acid groups (broad SMARTS) is 2. The van der Waals surface area contributed by atoms with Crippen LogP contribution in [0.3, 0.4) is 0 Å². The molecule has 2 amide bonds. The van der Waals surface area contributed by atoms with E-state index in [1.54, 1.807) is 18.2 Å². The molecule has 36 heavy (non-hydrogen) atoms. The minimum atomic E-state index is -1.47. The number of amides is 2. The Morgan fingerprint density at radius 3 is 2.36 bits per heavy atom. The zero-order chi connectivity index (χ0) is 27.3. The number of hydrogen-bond acceptors (Lipinski definition) is 7. The molecule has 1 aromatic rings. The average Bonchev–Trinajstić information content (AvgIpc) is 2.79. The molecule has 0 aromatic heterocycles. The number of aliphatic carboxylic acids is 2. The maximum absolute atomic E-state index is 12.4. The molecule has 0 aliphatic rings. The van der Waals surface area contributed by atoms with Crippen molar-refractivity contribution in [3.63, 3.8) is 0 Å². The van der Waals surface area contributed by atoms with Gasteiger partial charge in [-0.2, -0.15) is 0 Å². The number of ether oxygens (including phenoxy) is 1. The van der Waals surface area contributed by atoms with Gasteiger partial charge >= 0.3 is 18.0 Å². The van der Waals surface area contributed by atoms with Crippen LogP contribution in [0.2, 0.25) is 0 Å². The predicted octanol–water partition coefficient (Wildman–Crippen LogP) is 0.967. The zero-order valence-electron chi connectivity index (χ0n) is 19.7. The highest BCUT2D eigenvalue weighted by Crippen LogP contribution is 2.16. The summed E-state index contributed by atoms with van der Waals surface area (Å²) in [6.07, 6.45) is -2.35. The van der Waals surface area contributed by atoms with Crippen LogP contribution in [0.25, 0.3) is 0 Å². The fourth-order valence-corrected chi connectivity index (χ4v) is 3.62. The number of benzene rings is 1. The number of alkyl carbamates (subject to hydrolysis) is 1. The summed E-state index contributed by atoms with van der Waals surface area (Å²) in [7, 11) is 0. The van der Waals surface area contributed by atoms with Crippen LogP contribution in [0.15, 0.2) is 23.2 Å². The number of carbonyl (C=O) groups excluding carboxylic acids is 3. The van der Waals surface area contributed by atoms with Gasteiger partial charge in [-0.05, 0) is 72.9 Å². The number of ketones is 1. The van der Waals surface area contributed by atoms with Crippen molar-refractivity contribution in [2.24, 2.45) is 16.5 Å². The first-order valence-electron chi connectivity index (χ1n) is 10.9. The topological polar surface area (TPSA) is 224 Å². The summed E-state index contributed by atoms with van der Waals surface area (Å²) in [4.78, 5) is 62.0. The molecule has 0 unspecified atom stereocenters. The normalized spacial score (nSPS) is 12.1. The Balaban J connectivity index is 2.48. The lowest BCUT2D eigenvalue weighted by atomic mass is 10.1. The number of hydrogen-bond donors (Lipinski definition) is 6. The van der Waals surface area contributed by atoms with Crippen molar-refractivity contribution in [1.82, 2.24) is 10.6 Å². The fraction of sp³-hybridized carbons (Fsp3) is 0.455. The van der Waals surface area contributed by atoms with Gasteiger partial charge in [0.25, 0.3) is 5.91 Å². The van der Waals surface area contributed by atoms with Gasteiger partial charge in [0.2, 0.25) is 6.10 Å². The first kappa shape index (κ1) is 30.6. The summed E-state index contributed by atoms with van der Waals surface area (Å²) >= 11 is 2.08. The summed E-state index contributed by atoms with van der Waals surface area (Å²) in [5.74, 6) is -3.31. The molecular weight excluding hydrogens is 585 g/mol. The average molecular weight is 615 g/mol. The summed E-state index contributed by atoms with van der Waals surface area (Å²) in [5, 5.41) is 23.0. The van der Waals surface area contributed by atoms with Crippen molar-refractivity contribution in [2.75, 3.05) is 6.54 Å². The Morgan fingerprint density at radius 2 is 1.81 bits per heavy atom. The molecule has 198 valence electrons. The molecule has 14 heteroatoms. The van der Waals surface area contributed by atoms with Crippen LogP contribution in [0.5, 0.6) is 0 Å². The molecule has 2 atom stereocenters. The van der Waals surface area contributed by atoms with Crippen molar-refractivity contribution >= 4 is 58.3 Å². The largest absolute Gasteiger partial charge is 0.481 e. The van der Waals surface area contributed by atoms with Crippen LogP contribution in [0.4, 0.5) is 4.79 Å². The Hall–Kier alpha value is -3.43. The molecule has 0 aliphatic heterocycles. The Bertz CT molecular complexity index is 997. The van der Waals surface area contributed by atoms with Crippen LogP contribution in [0.1, 0.15) is 54.9 Å². The summed E-state index contributed by atoms with van der Waals surface area (Å²) < 4.78 is 5.71. The van der Waals surface area contributed by atoms with E-state index in [1.807, 2.05) is 0 Å². The molecule has 0 spiro atoms. The first-order chi connectivity index (χ1) is 16.9. The zero-order valence-corrected chi connectivity index (χ0v) is 21.8. The van der Waals surface area contributed by atoms with Crippen molar-refractivity contribution in [3.05, 3.63) is 32.9 Å². The Labute approximate surface area is 221 Å². The second-order valence-electron chi connectivity index (χ2n) is 7.77. The molecule has 0 bridgehead atoms. The number of nitrogens with two attached hydrogens (primary N) is 2. The van der Waals surface area contributed by atoms with Gasteiger partial charge in [0.1, 0.15) is 0 Å². The maximum atomic E-state index is 12.4. The van der Waals surface area contributed by atoms with Crippen molar-refractivity contribution in [1.29, 1.82) is 0 Å². The third-order valence-corrected chi connectivity index (χ3v) is 5.88. The quantitative estimate of drug-likeness (QED) is 0.0710. The van der Waals surface area contributed by atoms with E-state index in [-0.39, 0.29) is 37.7 Å². The second-order valence-corrected chi connectivity index (χ2v) is 8.93. The van der Waals surface area contributed by atoms with Gasteiger partial charge in [-0.15, -0.1) is 0 Å². The monoisotopic (exact) mass is 615 g/mol. The highest BCUT2D eigenvalue weighted by Gasteiger charge is 2.25. The van der Waals surface area contributed by atoms with E-state index in [0.29, 0.717) is 24.9 Å². The minimum Gasteiger partial charge on any atom is -0.481 e. The highest BCUT2D eigenvalue weighted by atomic mass is 123. The highest BCUT2D eigenvalue weighted by molar-refractivity contribution is 14.1. The van der Waals surface area contributed by atoms with Crippen LogP contribution >= 0.6 is 22.6 Å². The molecule has 13 nitrogen and oxygen atoms in total. The summed E-state index contributed by atoms with van der Waals surface area (Å²) in [5.41, 5.74) is 12.0. The van der Waals surface area contributed by atoms with E-state index in [4.69, 9.17) is 21.3 Å². The SMILES string of the molecule is CC(=O)[C@H](CCC(=O)O)NC(=O)O[C@@H](CCCCNC(=O)c1ccc(CN=C(N)N)c([123I])c1)C(=O)O. The molecule has 0 fully saturated rings. The summed E-state index contributed by atoms with van der Waals surface area (Å²) in [6.45, 7) is 1.74. The second kappa shape index (κ2) is 15.5. The van der Waals surface area contributed by atoms with Gasteiger partial charge in [-0.3, -0.25) is 14.4 Å². The lowest BCUT2D eigenvalue weighted by Gasteiger charge is -2.18. The van der Waals surface area contributed by atoms with E-state index < -0.39 is 36.0 Å². The molecular formula is C22H30IN5O8. The van der Waals surface area contributed by atoms with Crippen LogP contribution in [0, 0.1) is 3.57 Å². The summed E-state index contributed by atoms with van der Waals surface area (Å²) in [6, 6.07) is 4.00. The van der Waals surface area contributed by atoms with Crippen molar-refractivity contribution in [2.45, 2.75) is 57.7 Å². The number of nitrogens with zero attached hydrogens (tertiary/aromatic N) is 1. The van der Waals surface area contributed by atoms with E-state index >= 15 is 0 Å². The van der Waals surface area contributed by atoms with Crippen LogP contribution in [-0.2, 0) is 25.7 Å². The van der Waals surface area contributed by atoms with Gasteiger partial charge in [-0.1, -0.05) is 6.07 Å². The molecule has 0 saturated carbocycles. The van der Waals surface area contributed by atoms with E-state index in [2.05, 4.69) is 38.2 Å². The van der Waals surface area contributed by atoms with Gasteiger partial charge in [0.15, 0.2) is 11.7 Å². The fourth-order valence-electron chi connectivity index (χ4n) is 2.94. The number of Topliss-reactive ketones (excluding diaryl/α,β-unsaturated/α-hetero) is 1. The number of nitrogens with one attached hydrogen (secondary N) is 2. The lowest BCUT2D eigenvalue weighted by molar-refractivity contribution is -0.147. The molecule has 0 saturated heterocycles. The standard InChI is InChI=1S/C22H30IN5O8/c1-12(29)16(7-8-18(30)31)28-22(35)36-17(20(33)34)4-2-3-9-26-19(32)13-5-6-14(15(23)10-13)11-27-21(24)25/h5-6,10,16-17H,2-4,7-9,11H2,1H3,(H,26,32)(H,28,35)(H,30,31)(H,33,34)(H4,24,25,27)/t16-,17-/m0/s1/i23-4. The van der Waals surface area contributed by atoms with Crippen LogP contribution in [-0.4, -0.2) is 64.6 Å². The van der Waals surface area contributed by atoms with Gasteiger partial charge in [0, 0.05) is 22.1 Å². The number of guanidine groups is 1. The van der Waals surface area contributed by atoms with Crippen LogP contribution < -0.4 is 22.1 Å². The Morgan fingerprint density at radius 1 is 1.11 bits per heavy atom. The number of carboxylic acids is 2. The third-order valence-electron chi connectivity index (χ3n) is 4.88. The number of rotatable bonds is 15. The maximum Gasteiger partial charge on any atom is 0.408 e. The van der Waals surface area contributed by atoms with E-state index in [0.717, 1.165) is 9.13 Å². The van der Waals surface area contributed by atoms with Crippen molar-refractivity contribution < 1.29 is 38.9 Å². The van der Waals surface area contributed by atoms with Gasteiger partial charge in [-0.25, -0.2) is 14.6 Å². The molecule has 1 aromatic carbocycles. The molecule has 0 radical (unpaired) electrons. The number of carbonyl (C=O) groups is 5. The number of aliphatic imine (C=N–C) groups is 1. The third kappa shape index (κ3) is 11.8. The predicted molar refractivity (Wildman–Crippen MR) is 137 cm³/mol. The van der Waals surface area contributed by atoms with Gasteiger partial charge in [0.05, 0.1) is 12.6 Å². The molecule has 8 N–H and O–H groups in total. The van der Waals surface area contributed by atoms with E-state index in [1.165, 1.54) is 6.92 Å². The lowest BCUT2D eigenvalue weighted by Crippen LogP contribution is -2.42. The van der Waals surface area contributed by atoms with Gasteiger partial charge < -0.3 is 37.1 Å². The van der Waals surface area contributed by atoms with Crippen molar-refractivity contribution in [3.8, 4) is 0 Å². The molecule has 0 aliphatic carbocycles. The first-order valence-corrected chi connectivity index (χ1v) is 12.0.